The van der Waals surface area contributed by atoms with Crippen molar-refractivity contribution in [2.24, 2.45) is 7.05 Å². The SMILES string of the molecule is CC(=O)Nc1nc(C)c(-c2nccn2C)s1. The van der Waals surface area contributed by atoms with Gasteiger partial charge in [-0.15, -0.1) is 0 Å². The van der Waals surface area contributed by atoms with Gasteiger partial charge in [0, 0.05) is 26.4 Å². The van der Waals surface area contributed by atoms with Gasteiger partial charge in [0.1, 0.15) is 0 Å². The molecule has 0 saturated heterocycles. The van der Waals surface area contributed by atoms with E-state index >= 15 is 0 Å². The second-order valence-corrected chi connectivity index (χ2v) is 4.48. The van der Waals surface area contributed by atoms with Crippen molar-refractivity contribution in [3.63, 3.8) is 0 Å². The maximum atomic E-state index is 10.9. The van der Waals surface area contributed by atoms with E-state index in [0.717, 1.165) is 16.4 Å². The van der Waals surface area contributed by atoms with Gasteiger partial charge in [-0.05, 0) is 6.92 Å². The Morgan fingerprint density at radius 3 is 2.88 bits per heavy atom. The molecule has 1 amide bonds. The molecule has 0 aliphatic carbocycles. The minimum atomic E-state index is -0.111. The van der Waals surface area contributed by atoms with Crippen LogP contribution in [-0.2, 0) is 11.8 Å². The Hall–Kier alpha value is -1.69. The van der Waals surface area contributed by atoms with Crippen molar-refractivity contribution in [1.82, 2.24) is 14.5 Å². The van der Waals surface area contributed by atoms with Crippen molar-refractivity contribution >= 4 is 22.4 Å². The molecule has 16 heavy (non-hydrogen) atoms. The number of hydrogen-bond acceptors (Lipinski definition) is 4. The first-order valence-electron chi connectivity index (χ1n) is 4.80. The lowest BCUT2D eigenvalue weighted by Gasteiger charge is -1.97. The van der Waals surface area contributed by atoms with Crippen molar-refractivity contribution in [2.45, 2.75) is 13.8 Å². The van der Waals surface area contributed by atoms with E-state index in [-0.39, 0.29) is 5.91 Å². The summed E-state index contributed by atoms with van der Waals surface area (Å²) in [5, 5.41) is 3.29. The van der Waals surface area contributed by atoms with Crippen LogP contribution >= 0.6 is 11.3 Å². The van der Waals surface area contributed by atoms with E-state index in [0.29, 0.717) is 5.13 Å². The van der Waals surface area contributed by atoms with Crippen LogP contribution in [0.1, 0.15) is 12.6 Å². The molecule has 2 aromatic heterocycles. The zero-order valence-corrected chi connectivity index (χ0v) is 10.1. The third-order valence-electron chi connectivity index (χ3n) is 2.10. The van der Waals surface area contributed by atoms with Gasteiger partial charge in [-0.3, -0.25) is 4.79 Å². The van der Waals surface area contributed by atoms with Crippen molar-refractivity contribution in [2.75, 3.05) is 5.32 Å². The standard InChI is InChI=1S/C10H12N4OS/c1-6-8(9-11-4-5-14(9)3)16-10(12-6)13-7(2)15/h4-5H,1-3H3,(H,12,13,15). The number of amides is 1. The number of imidazole rings is 1. The number of carbonyl (C=O) groups is 1. The van der Waals surface area contributed by atoms with E-state index in [1.807, 2.05) is 24.7 Å². The van der Waals surface area contributed by atoms with Gasteiger partial charge in [-0.2, -0.15) is 0 Å². The normalized spacial score (nSPS) is 10.4. The molecule has 2 rings (SSSR count). The number of aryl methyl sites for hydroxylation is 2. The van der Waals surface area contributed by atoms with Gasteiger partial charge in [-0.1, -0.05) is 11.3 Å². The van der Waals surface area contributed by atoms with Crippen molar-refractivity contribution < 1.29 is 4.79 Å². The fourth-order valence-corrected chi connectivity index (χ4v) is 2.44. The number of thiazole rings is 1. The highest BCUT2D eigenvalue weighted by molar-refractivity contribution is 7.19. The lowest BCUT2D eigenvalue weighted by Crippen LogP contribution is -2.04. The predicted molar refractivity (Wildman–Crippen MR) is 63.4 cm³/mol. The highest BCUT2D eigenvalue weighted by atomic mass is 32.1. The average Bonchev–Trinajstić information content (AvgIpc) is 2.71. The van der Waals surface area contributed by atoms with Gasteiger partial charge in [0.15, 0.2) is 11.0 Å². The highest BCUT2D eigenvalue weighted by Gasteiger charge is 2.13. The van der Waals surface area contributed by atoms with Gasteiger partial charge in [0.2, 0.25) is 5.91 Å². The first-order valence-corrected chi connectivity index (χ1v) is 5.62. The Bertz CT molecular complexity index is 529. The van der Waals surface area contributed by atoms with Crippen LogP contribution in [0, 0.1) is 6.92 Å². The van der Waals surface area contributed by atoms with Gasteiger partial charge < -0.3 is 9.88 Å². The van der Waals surface area contributed by atoms with E-state index in [1.54, 1.807) is 6.20 Å². The van der Waals surface area contributed by atoms with Gasteiger partial charge in [-0.25, -0.2) is 9.97 Å². The third kappa shape index (κ3) is 1.96. The Balaban J connectivity index is 2.39. The summed E-state index contributed by atoms with van der Waals surface area (Å²) in [5.74, 6) is 0.756. The second kappa shape index (κ2) is 4.05. The molecule has 6 heteroatoms. The number of nitrogens with one attached hydrogen (secondary N) is 1. The van der Waals surface area contributed by atoms with Crippen molar-refractivity contribution in [1.29, 1.82) is 0 Å². The van der Waals surface area contributed by atoms with E-state index in [4.69, 9.17) is 0 Å². The largest absolute Gasteiger partial charge is 0.333 e. The molecule has 0 aromatic carbocycles. The van der Waals surface area contributed by atoms with Crippen LogP contribution in [0.25, 0.3) is 10.7 Å². The molecule has 1 N–H and O–H groups in total. The molecule has 5 nitrogen and oxygen atoms in total. The number of rotatable bonds is 2. The molecule has 0 aliphatic heterocycles. The lowest BCUT2D eigenvalue weighted by molar-refractivity contribution is -0.114. The van der Waals surface area contributed by atoms with Crippen LogP contribution in [0.15, 0.2) is 12.4 Å². The molecule has 84 valence electrons. The molecule has 0 saturated carbocycles. The summed E-state index contributed by atoms with van der Waals surface area (Å²) < 4.78 is 1.93. The van der Waals surface area contributed by atoms with Gasteiger partial charge in [0.05, 0.1) is 10.6 Å². The zero-order valence-electron chi connectivity index (χ0n) is 9.31. The number of carbonyl (C=O) groups excluding carboxylic acids is 1. The summed E-state index contributed by atoms with van der Waals surface area (Å²) in [6, 6.07) is 0. The Morgan fingerprint density at radius 1 is 1.56 bits per heavy atom. The first-order chi connectivity index (χ1) is 7.58. The Labute approximate surface area is 97.2 Å². The molecule has 0 spiro atoms. The summed E-state index contributed by atoms with van der Waals surface area (Å²) in [6.07, 6.45) is 3.62. The molecule has 0 unspecified atom stereocenters. The molecular formula is C10H12N4OS. The van der Waals surface area contributed by atoms with E-state index in [2.05, 4.69) is 15.3 Å². The Morgan fingerprint density at radius 2 is 2.31 bits per heavy atom. The van der Waals surface area contributed by atoms with Crippen LogP contribution in [0.5, 0.6) is 0 Å². The molecular weight excluding hydrogens is 224 g/mol. The molecule has 0 atom stereocenters. The number of anilines is 1. The van der Waals surface area contributed by atoms with Crippen molar-refractivity contribution in [3.05, 3.63) is 18.1 Å². The number of aromatic nitrogens is 3. The van der Waals surface area contributed by atoms with E-state index in [9.17, 15) is 4.79 Å². The molecule has 2 aromatic rings. The quantitative estimate of drug-likeness (QED) is 0.865. The first kappa shape index (κ1) is 10.8. The summed E-state index contributed by atoms with van der Waals surface area (Å²) in [4.78, 5) is 20.4. The van der Waals surface area contributed by atoms with Crippen LogP contribution < -0.4 is 5.32 Å². The third-order valence-corrected chi connectivity index (χ3v) is 3.17. The van der Waals surface area contributed by atoms with E-state index in [1.165, 1.54) is 18.3 Å². The van der Waals surface area contributed by atoms with Gasteiger partial charge >= 0.3 is 0 Å². The smallest absolute Gasteiger partial charge is 0.223 e. The molecule has 2 heterocycles. The summed E-state index contributed by atoms with van der Waals surface area (Å²) in [7, 11) is 1.93. The summed E-state index contributed by atoms with van der Waals surface area (Å²) in [5.41, 5.74) is 0.878. The monoisotopic (exact) mass is 236 g/mol. The number of hydrogen-bond donors (Lipinski definition) is 1. The fraction of sp³-hybridized carbons (Fsp3) is 0.300. The fourth-order valence-electron chi connectivity index (χ4n) is 1.39. The van der Waals surface area contributed by atoms with E-state index < -0.39 is 0 Å². The molecule has 0 fully saturated rings. The van der Waals surface area contributed by atoms with Crippen LogP contribution in [0.3, 0.4) is 0 Å². The van der Waals surface area contributed by atoms with Crippen LogP contribution in [0.2, 0.25) is 0 Å². The molecule has 0 radical (unpaired) electrons. The second-order valence-electron chi connectivity index (χ2n) is 3.48. The summed E-state index contributed by atoms with van der Waals surface area (Å²) >= 11 is 1.43. The molecule has 0 bridgehead atoms. The minimum Gasteiger partial charge on any atom is -0.333 e. The molecule has 0 aliphatic rings. The van der Waals surface area contributed by atoms with Crippen LogP contribution in [-0.4, -0.2) is 20.4 Å². The summed E-state index contributed by atoms with van der Waals surface area (Å²) in [6.45, 7) is 3.38. The highest BCUT2D eigenvalue weighted by Crippen LogP contribution is 2.31. The maximum Gasteiger partial charge on any atom is 0.223 e. The zero-order chi connectivity index (χ0) is 11.7. The maximum absolute atomic E-state index is 10.9. The van der Waals surface area contributed by atoms with Gasteiger partial charge in [0.25, 0.3) is 0 Å². The average molecular weight is 236 g/mol. The Kier molecular flexibility index (Phi) is 2.74. The minimum absolute atomic E-state index is 0.111. The topological polar surface area (TPSA) is 59.8 Å². The predicted octanol–water partition coefficient (Wildman–Crippen LogP) is 1.81. The lowest BCUT2D eigenvalue weighted by atomic mass is 10.4. The number of nitrogens with zero attached hydrogens (tertiary/aromatic N) is 3. The van der Waals surface area contributed by atoms with Crippen molar-refractivity contribution in [3.8, 4) is 10.7 Å². The van der Waals surface area contributed by atoms with Crippen LogP contribution in [0.4, 0.5) is 5.13 Å².